The van der Waals surface area contributed by atoms with E-state index in [1.165, 1.54) is 30.4 Å². The highest BCUT2D eigenvalue weighted by atomic mass is 16.1. The summed E-state index contributed by atoms with van der Waals surface area (Å²) in [6, 6.07) is 1.67. The Morgan fingerprint density at radius 1 is 1.56 bits per heavy atom. The normalized spacial score (nSPS) is 18.9. The molecule has 4 nitrogen and oxygen atoms in total. The molecule has 1 atom stereocenters. The second-order valence-electron chi connectivity index (χ2n) is 4.76. The molecule has 1 aliphatic rings. The van der Waals surface area contributed by atoms with E-state index in [1.807, 2.05) is 6.92 Å². The van der Waals surface area contributed by atoms with Crippen LogP contribution in [0.1, 0.15) is 31.2 Å². The molecule has 1 aromatic heterocycles. The highest BCUT2D eigenvalue weighted by Gasteiger charge is 2.22. The fourth-order valence-electron chi connectivity index (χ4n) is 2.40. The van der Waals surface area contributed by atoms with Crippen LogP contribution in [0.2, 0.25) is 0 Å². The van der Waals surface area contributed by atoms with E-state index in [0.717, 1.165) is 5.56 Å². The van der Waals surface area contributed by atoms with Crippen LogP contribution in [0.15, 0.2) is 17.1 Å². The van der Waals surface area contributed by atoms with Gasteiger partial charge in [0.2, 0.25) is 0 Å². The van der Waals surface area contributed by atoms with Crippen LogP contribution >= 0.6 is 0 Å². The van der Waals surface area contributed by atoms with Gasteiger partial charge >= 0.3 is 0 Å². The van der Waals surface area contributed by atoms with Crippen molar-refractivity contribution >= 4 is 0 Å². The van der Waals surface area contributed by atoms with Crippen LogP contribution < -0.4 is 11.3 Å². The Morgan fingerprint density at radius 2 is 2.25 bits per heavy atom. The van der Waals surface area contributed by atoms with Gasteiger partial charge in [-0.3, -0.25) is 4.79 Å². The van der Waals surface area contributed by atoms with Crippen LogP contribution in [0.3, 0.4) is 0 Å². The molecule has 4 heteroatoms. The number of aryl methyl sites for hydroxylation is 1. The molecule has 0 bridgehead atoms. The van der Waals surface area contributed by atoms with E-state index in [9.17, 15) is 4.79 Å². The van der Waals surface area contributed by atoms with E-state index in [-0.39, 0.29) is 11.6 Å². The summed E-state index contributed by atoms with van der Waals surface area (Å²) in [5.74, 6) is 0.565. The molecule has 0 amide bonds. The second kappa shape index (κ2) is 4.78. The molecule has 16 heavy (non-hydrogen) atoms. The fraction of sp³-hybridized carbons (Fsp3) is 0.667. The Labute approximate surface area is 95.5 Å². The first-order valence-electron chi connectivity index (χ1n) is 5.96. The van der Waals surface area contributed by atoms with Gasteiger partial charge in [0.1, 0.15) is 0 Å². The lowest BCUT2D eigenvalue weighted by molar-refractivity contribution is 0.365. The third-order valence-electron chi connectivity index (χ3n) is 3.40. The first-order chi connectivity index (χ1) is 7.66. The minimum atomic E-state index is -0.0477. The Hall–Kier alpha value is -1.16. The molecule has 0 aromatic carbocycles. The van der Waals surface area contributed by atoms with Gasteiger partial charge in [-0.1, -0.05) is 12.8 Å². The molecule has 1 aromatic rings. The molecule has 0 radical (unpaired) electrons. The van der Waals surface area contributed by atoms with Gasteiger partial charge in [-0.15, -0.1) is 0 Å². The van der Waals surface area contributed by atoms with E-state index < -0.39 is 0 Å². The number of hydrogen-bond acceptors (Lipinski definition) is 3. The second-order valence-corrected chi connectivity index (χ2v) is 4.76. The molecule has 88 valence electrons. The smallest absolute Gasteiger partial charge is 0.267 e. The molecule has 1 fully saturated rings. The summed E-state index contributed by atoms with van der Waals surface area (Å²) in [4.78, 5) is 11.6. The van der Waals surface area contributed by atoms with Gasteiger partial charge in [-0.05, 0) is 31.2 Å². The maximum absolute atomic E-state index is 11.6. The lowest BCUT2D eigenvalue weighted by Gasteiger charge is -2.18. The maximum atomic E-state index is 11.6. The molecule has 2 N–H and O–H groups in total. The van der Waals surface area contributed by atoms with Crippen molar-refractivity contribution in [3.05, 3.63) is 28.2 Å². The van der Waals surface area contributed by atoms with Crippen molar-refractivity contribution in [1.29, 1.82) is 0 Å². The van der Waals surface area contributed by atoms with Crippen molar-refractivity contribution in [3.8, 4) is 0 Å². The standard InChI is InChI=1S/C12H19N3O/c1-9-6-12(16)15(14-7-9)8-11(13)10-4-2-3-5-10/h6-7,10-11H,2-5,8,13H2,1H3. The fourth-order valence-corrected chi connectivity index (χ4v) is 2.40. The molecular weight excluding hydrogens is 202 g/mol. The minimum Gasteiger partial charge on any atom is -0.326 e. The largest absolute Gasteiger partial charge is 0.326 e. The van der Waals surface area contributed by atoms with Crippen molar-refractivity contribution in [1.82, 2.24) is 9.78 Å². The molecule has 0 aliphatic heterocycles. The zero-order chi connectivity index (χ0) is 11.5. The number of rotatable bonds is 3. The van der Waals surface area contributed by atoms with Gasteiger partial charge in [0.25, 0.3) is 5.56 Å². The minimum absolute atomic E-state index is 0.0477. The number of nitrogens with two attached hydrogens (primary N) is 1. The van der Waals surface area contributed by atoms with Crippen molar-refractivity contribution in [2.45, 2.75) is 45.2 Å². The van der Waals surface area contributed by atoms with Gasteiger partial charge < -0.3 is 5.73 Å². The van der Waals surface area contributed by atoms with Gasteiger partial charge in [0.05, 0.1) is 12.7 Å². The van der Waals surface area contributed by atoms with Crippen LogP contribution in [0.25, 0.3) is 0 Å². The first kappa shape index (κ1) is 11.3. The van der Waals surface area contributed by atoms with Crippen molar-refractivity contribution in [2.24, 2.45) is 11.7 Å². The zero-order valence-electron chi connectivity index (χ0n) is 9.72. The van der Waals surface area contributed by atoms with Crippen molar-refractivity contribution < 1.29 is 0 Å². The van der Waals surface area contributed by atoms with Crippen LogP contribution in [0.5, 0.6) is 0 Å². The van der Waals surface area contributed by atoms with E-state index in [0.29, 0.717) is 12.5 Å². The molecule has 1 heterocycles. The van der Waals surface area contributed by atoms with E-state index in [2.05, 4.69) is 5.10 Å². The Kier molecular flexibility index (Phi) is 3.39. The molecular formula is C12H19N3O. The summed E-state index contributed by atoms with van der Waals surface area (Å²) >= 11 is 0. The summed E-state index contributed by atoms with van der Waals surface area (Å²) < 4.78 is 1.48. The Bertz CT molecular complexity index is 407. The summed E-state index contributed by atoms with van der Waals surface area (Å²) in [7, 11) is 0. The van der Waals surface area contributed by atoms with Crippen LogP contribution in [0, 0.1) is 12.8 Å². The van der Waals surface area contributed by atoms with Crippen LogP contribution in [0.4, 0.5) is 0 Å². The number of aromatic nitrogens is 2. The number of nitrogens with zero attached hydrogens (tertiary/aromatic N) is 2. The van der Waals surface area contributed by atoms with E-state index >= 15 is 0 Å². The topological polar surface area (TPSA) is 60.9 Å². The highest BCUT2D eigenvalue weighted by Crippen LogP contribution is 2.27. The van der Waals surface area contributed by atoms with Crippen LogP contribution in [-0.2, 0) is 6.54 Å². The summed E-state index contributed by atoms with van der Waals surface area (Å²) in [6.07, 6.45) is 6.65. The van der Waals surface area contributed by atoms with Gasteiger partial charge in [-0.25, -0.2) is 4.68 Å². The summed E-state index contributed by atoms with van der Waals surface area (Å²) in [6.45, 7) is 2.42. The van der Waals surface area contributed by atoms with Crippen molar-refractivity contribution in [3.63, 3.8) is 0 Å². The van der Waals surface area contributed by atoms with Gasteiger partial charge in [-0.2, -0.15) is 5.10 Å². The predicted molar refractivity (Wildman–Crippen MR) is 63.2 cm³/mol. The molecule has 2 rings (SSSR count). The first-order valence-corrected chi connectivity index (χ1v) is 5.96. The third kappa shape index (κ3) is 2.50. The SMILES string of the molecule is Cc1cnn(CC(N)C2CCCC2)c(=O)c1. The molecule has 1 unspecified atom stereocenters. The van der Waals surface area contributed by atoms with Crippen LogP contribution in [-0.4, -0.2) is 15.8 Å². The summed E-state index contributed by atoms with van der Waals surface area (Å²) in [5, 5.41) is 4.11. The highest BCUT2D eigenvalue weighted by molar-refractivity contribution is 5.02. The molecule has 0 saturated heterocycles. The van der Waals surface area contributed by atoms with Gasteiger partial charge in [0, 0.05) is 12.1 Å². The summed E-state index contributed by atoms with van der Waals surface area (Å²) in [5.41, 5.74) is 6.97. The zero-order valence-corrected chi connectivity index (χ0v) is 9.72. The van der Waals surface area contributed by atoms with Gasteiger partial charge in [0.15, 0.2) is 0 Å². The predicted octanol–water partition coefficient (Wildman–Crippen LogP) is 1.07. The van der Waals surface area contributed by atoms with Crippen molar-refractivity contribution in [2.75, 3.05) is 0 Å². The average Bonchev–Trinajstić information content (AvgIpc) is 2.75. The number of hydrogen-bond donors (Lipinski definition) is 1. The Morgan fingerprint density at radius 3 is 2.88 bits per heavy atom. The quantitative estimate of drug-likeness (QED) is 0.830. The molecule has 1 saturated carbocycles. The van der Waals surface area contributed by atoms with E-state index in [4.69, 9.17) is 5.73 Å². The average molecular weight is 221 g/mol. The molecule has 1 aliphatic carbocycles. The lowest BCUT2D eigenvalue weighted by Crippen LogP contribution is -2.37. The third-order valence-corrected chi connectivity index (χ3v) is 3.40. The lowest BCUT2D eigenvalue weighted by atomic mass is 9.99. The van der Waals surface area contributed by atoms with E-state index in [1.54, 1.807) is 12.3 Å². The maximum Gasteiger partial charge on any atom is 0.267 e. The Balaban J connectivity index is 2.05. The monoisotopic (exact) mass is 221 g/mol. The molecule has 0 spiro atoms.